The Hall–Kier alpha value is -1.43. The third-order valence-corrected chi connectivity index (χ3v) is 7.16. The fourth-order valence-corrected chi connectivity index (χ4v) is 6.54. The number of nitrogens with zero attached hydrogens (tertiary/aromatic N) is 3. The topological polar surface area (TPSA) is 79.5 Å². The summed E-state index contributed by atoms with van der Waals surface area (Å²) in [6, 6.07) is 0. The lowest BCUT2D eigenvalue weighted by Gasteiger charge is -2.64. The molecule has 4 bridgehead atoms. The van der Waals surface area contributed by atoms with Crippen molar-refractivity contribution in [2.45, 2.75) is 84.3 Å². The summed E-state index contributed by atoms with van der Waals surface area (Å²) >= 11 is 0. The van der Waals surface area contributed by atoms with Crippen LogP contribution < -0.4 is 0 Å². The lowest BCUT2D eigenvalue weighted by atomic mass is 9.42. The van der Waals surface area contributed by atoms with E-state index < -0.39 is 11.0 Å². The van der Waals surface area contributed by atoms with Gasteiger partial charge in [-0.2, -0.15) is 0 Å². The van der Waals surface area contributed by atoms with Crippen molar-refractivity contribution in [3.8, 4) is 0 Å². The van der Waals surface area contributed by atoms with E-state index >= 15 is 0 Å². The van der Waals surface area contributed by atoms with Crippen molar-refractivity contribution < 1.29 is 14.3 Å². The van der Waals surface area contributed by atoms with Crippen molar-refractivity contribution in [1.82, 2.24) is 15.1 Å². The van der Waals surface area contributed by atoms with E-state index in [1.807, 2.05) is 18.7 Å². The van der Waals surface area contributed by atoms with Crippen molar-refractivity contribution in [3.05, 3.63) is 11.8 Å². The SMILES string of the molecule is CCc1nnc(CN(CC)C(=O)[C@@]23C[C@@H]4C[C@](O)(C[C@@](CC)(C4)C2)C3)o1. The molecule has 0 unspecified atom stereocenters. The van der Waals surface area contributed by atoms with Gasteiger partial charge in [0.05, 0.1) is 17.6 Å². The molecule has 6 nitrogen and oxygen atoms in total. The standard InChI is InChI=1S/C20H31N3O3/c1-4-15-21-22-16(26-15)10-23(6-3)17(24)19-8-14-7-18(5-2,11-19)12-20(25,9-14)13-19/h14,25H,4-13H2,1-3H3/t14-,18+,19+,20+/m1/s1. The van der Waals surface area contributed by atoms with E-state index in [1.165, 1.54) is 6.42 Å². The van der Waals surface area contributed by atoms with Crippen molar-refractivity contribution >= 4 is 5.91 Å². The molecule has 1 N–H and O–H groups in total. The molecule has 1 heterocycles. The molecular weight excluding hydrogens is 330 g/mol. The molecule has 4 saturated carbocycles. The smallest absolute Gasteiger partial charge is 0.235 e. The summed E-state index contributed by atoms with van der Waals surface area (Å²) in [5.74, 6) is 1.77. The van der Waals surface area contributed by atoms with Crippen molar-refractivity contribution in [3.63, 3.8) is 0 Å². The molecule has 26 heavy (non-hydrogen) atoms. The second-order valence-electron chi connectivity index (χ2n) is 9.13. The average Bonchev–Trinajstić information content (AvgIpc) is 3.04. The number of aromatic nitrogens is 2. The quantitative estimate of drug-likeness (QED) is 0.842. The zero-order valence-corrected chi connectivity index (χ0v) is 16.3. The Kier molecular flexibility index (Phi) is 4.17. The molecule has 0 aliphatic heterocycles. The Balaban J connectivity index is 1.59. The van der Waals surface area contributed by atoms with Gasteiger partial charge in [0.25, 0.3) is 0 Å². The summed E-state index contributed by atoms with van der Waals surface area (Å²) in [6.07, 6.45) is 7.15. The number of rotatable bonds is 6. The first-order valence-electron chi connectivity index (χ1n) is 10.2. The number of carbonyl (C=O) groups excluding carboxylic acids is 1. The first-order chi connectivity index (χ1) is 12.3. The predicted molar refractivity (Wildman–Crippen MR) is 96.1 cm³/mol. The van der Waals surface area contributed by atoms with Crippen LogP contribution in [0.2, 0.25) is 0 Å². The number of carbonyl (C=O) groups is 1. The Morgan fingerprint density at radius 2 is 1.92 bits per heavy atom. The predicted octanol–water partition coefficient (Wildman–Crippen LogP) is 3.09. The summed E-state index contributed by atoms with van der Waals surface area (Å²) in [5.41, 5.74) is -0.915. The second-order valence-corrected chi connectivity index (χ2v) is 9.13. The highest BCUT2D eigenvalue weighted by atomic mass is 16.4. The highest BCUT2D eigenvalue weighted by Crippen LogP contribution is 2.68. The molecule has 1 aromatic heterocycles. The monoisotopic (exact) mass is 361 g/mol. The van der Waals surface area contributed by atoms with Gasteiger partial charge < -0.3 is 14.4 Å². The van der Waals surface area contributed by atoms with Crippen LogP contribution in [0, 0.1) is 16.7 Å². The number of aryl methyl sites for hydroxylation is 1. The van der Waals surface area contributed by atoms with E-state index in [0.717, 1.165) is 32.1 Å². The van der Waals surface area contributed by atoms with Crippen LogP contribution in [-0.2, 0) is 17.8 Å². The largest absolute Gasteiger partial charge is 0.423 e. The number of hydrogen-bond acceptors (Lipinski definition) is 5. The van der Waals surface area contributed by atoms with E-state index in [2.05, 4.69) is 17.1 Å². The summed E-state index contributed by atoms with van der Waals surface area (Å²) in [7, 11) is 0. The summed E-state index contributed by atoms with van der Waals surface area (Å²) in [4.78, 5) is 15.5. The van der Waals surface area contributed by atoms with Crippen LogP contribution in [0.25, 0.3) is 0 Å². The third kappa shape index (κ3) is 2.77. The molecule has 1 amide bonds. The van der Waals surface area contributed by atoms with Gasteiger partial charge >= 0.3 is 0 Å². The van der Waals surface area contributed by atoms with Gasteiger partial charge in [0.2, 0.25) is 17.7 Å². The van der Waals surface area contributed by atoms with Gasteiger partial charge in [-0.25, -0.2) is 0 Å². The molecule has 0 spiro atoms. The summed E-state index contributed by atoms with van der Waals surface area (Å²) in [6.45, 7) is 7.18. The van der Waals surface area contributed by atoms with Crippen LogP contribution in [0.1, 0.15) is 77.5 Å². The first-order valence-corrected chi connectivity index (χ1v) is 10.2. The van der Waals surface area contributed by atoms with Gasteiger partial charge in [0, 0.05) is 13.0 Å². The van der Waals surface area contributed by atoms with Crippen LogP contribution in [0.4, 0.5) is 0 Å². The zero-order chi connectivity index (χ0) is 18.6. The molecule has 0 saturated heterocycles. The first kappa shape index (κ1) is 18.0. The highest BCUT2D eigenvalue weighted by Gasteiger charge is 2.65. The molecule has 144 valence electrons. The minimum absolute atomic E-state index is 0.142. The molecule has 4 fully saturated rings. The fraction of sp³-hybridized carbons (Fsp3) is 0.850. The van der Waals surface area contributed by atoms with E-state index in [9.17, 15) is 9.90 Å². The highest BCUT2D eigenvalue weighted by molar-refractivity contribution is 5.83. The van der Waals surface area contributed by atoms with E-state index in [4.69, 9.17) is 4.42 Å². The van der Waals surface area contributed by atoms with Crippen molar-refractivity contribution in [2.24, 2.45) is 16.7 Å². The Morgan fingerprint density at radius 1 is 1.15 bits per heavy atom. The minimum Gasteiger partial charge on any atom is -0.423 e. The minimum atomic E-state index is -0.648. The van der Waals surface area contributed by atoms with E-state index in [1.54, 1.807) is 0 Å². The molecule has 0 aromatic carbocycles. The number of amides is 1. The Morgan fingerprint density at radius 3 is 2.54 bits per heavy atom. The fourth-order valence-electron chi connectivity index (χ4n) is 6.54. The van der Waals surface area contributed by atoms with Gasteiger partial charge in [-0.1, -0.05) is 20.3 Å². The normalized spacial score (nSPS) is 37.9. The van der Waals surface area contributed by atoms with Gasteiger partial charge in [0.1, 0.15) is 0 Å². The molecule has 1 aromatic rings. The van der Waals surface area contributed by atoms with Gasteiger partial charge in [-0.3, -0.25) is 4.79 Å². The van der Waals surface area contributed by atoms with E-state index in [-0.39, 0.29) is 11.3 Å². The Bertz CT molecular complexity index is 704. The maximum Gasteiger partial charge on any atom is 0.235 e. The third-order valence-electron chi connectivity index (χ3n) is 7.16. The second kappa shape index (κ2) is 6.04. The van der Waals surface area contributed by atoms with Crippen LogP contribution in [0.15, 0.2) is 4.42 Å². The van der Waals surface area contributed by atoms with Crippen LogP contribution in [0.5, 0.6) is 0 Å². The lowest BCUT2D eigenvalue weighted by Crippen LogP contribution is -2.64. The van der Waals surface area contributed by atoms with Crippen LogP contribution >= 0.6 is 0 Å². The van der Waals surface area contributed by atoms with Crippen molar-refractivity contribution in [1.29, 1.82) is 0 Å². The average molecular weight is 361 g/mol. The number of aliphatic hydroxyl groups is 1. The lowest BCUT2D eigenvalue weighted by molar-refractivity contribution is -0.210. The van der Waals surface area contributed by atoms with Crippen LogP contribution in [0.3, 0.4) is 0 Å². The Labute approximate surface area is 155 Å². The van der Waals surface area contributed by atoms with Gasteiger partial charge in [-0.05, 0) is 56.8 Å². The van der Waals surface area contributed by atoms with Gasteiger partial charge in [-0.15, -0.1) is 10.2 Å². The number of hydrogen-bond donors (Lipinski definition) is 1. The molecule has 4 aliphatic carbocycles. The maximum atomic E-state index is 13.6. The molecule has 5 rings (SSSR count). The summed E-state index contributed by atoms with van der Waals surface area (Å²) < 4.78 is 5.63. The molecule has 6 heteroatoms. The summed E-state index contributed by atoms with van der Waals surface area (Å²) in [5, 5.41) is 19.3. The van der Waals surface area contributed by atoms with Crippen molar-refractivity contribution in [2.75, 3.05) is 6.54 Å². The molecular formula is C20H31N3O3. The maximum absolute atomic E-state index is 13.6. The molecule has 4 aliphatic rings. The van der Waals surface area contributed by atoms with Crippen LogP contribution in [-0.4, -0.2) is 38.3 Å². The zero-order valence-electron chi connectivity index (χ0n) is 16.3. The van der Waals surface area contributed by atoms with E-state index in [0.29, 0.717) is 43.6 Å². The van der Waals surface area contributed by atoms with Gasteiger partial charge in [0.15, 0.2) is 0 Å². The molecule has 0 radical (unpaired) electrons. The molecule has 4 atom stereocenters.